The molecule has 3 aliphatic rings. The van der Waals surface area contributed by atoms with Crippen LogP contribution in [0.25, 0.3) is 0 Å². The van der Waals surface area contributed by atoms with E-state index in [2.05, 4.69) is 12.2 Å². The molecule has 1 heteroatoms. The fourth-order valence-corrected chi connectivity index (χ4v) is 2.26. The summed E-state index contributed by atoms with van der Waals surface area (Å²) in [6.07, 6.45) is 7.43. The minimum atomic E-state index is 0.406. The Labute approximate surface area is 59.4 Å². The molecule has 3 atom stereocenters. The third-order valence-corrected chi connectivity index (χ3v) is 2.92. The van der Waals surface area contributed by atoms with Crippen LogP contribution in [0.1, 0.15) is 6.42 Å². The Morgan fingerprint density at radius 2 is 2.40 bits per heavy atom. The molecular formula is C9H8O. The van der Waals surface area contributed by atoms with Crippen LogP contribution in [0.2, 0.25) is 0 Å². The second-order valence-electron chi connectivity index (χ2n) is 3.39. The summed E-state index contributed by atoms with van der Waals surface area (Å²) in [7, 11) is 0. The Morgan fingerprint density at radius 3 is 3.20 bits per heavy atom. The van der Waals surface area contributed by atoms with Crippen LogP contribution >= 0.6 is 0 Å². The van der Waals surface area contributed by atoms with E-state index in [4.69, 9.17) is 0 Å². The Balaban J connectivity index is 2.24. The molecule has 3 unspecified atom stereocenters. The SMILES string of the molecule is O=C1C2=CCC3C(C=C2)C13. The Hall–Kier alpha value is -0.850. The van der Waals surface area contributed by atoms with E-state index in [1.54, 1.807) is 0 Å². The van der Waals surface area contributed by atoms with Gasteiger partial charge < -0.3 is 0 Å². The van der Waals surface area contributed by atoms with E-state index in [-0.39, 0.29) is 0 Å². The van der Waals surface area contributed by atoms with Crippen LogP contribution in [-0.2, 0) is 4.79 Å². The van der Waals surface area contributed by atoms with E-state index in [1.165, 1.54) is 0 Å². The number of hydrogen-bond donors (Lipinski definition) is 0. The first-order valence-electron chi connectivity index (χ1n) is 3.80. The average Bonchev–Trinajstić information content (AvgIpc) is 2.59. The van der Waals surface area contributed by atoms with Crippen molar-refractivity contribution in [3.8, 4) is 0 Å². The molecule has 0 aromatic carbocycles. The molecule has 0 heterocycles. The topological polar surface area (TPSA) is 17.1 Å². The molecule has 1 fully saturated rings. The van der Waals surface area contributed by atoms with Gasteiger partial charge in [-0.1, -0.05) is 18.2 Å². The summed E-state index contributed by atoms with van der Waals surface area (Å²) in [4.78, 5) is 11.3. The van der Waals surface area contributed by atoms with Gasteiger partial charge in [-0.05, 0) is 18.3 Å². The van der Waals surface area contributed by atoms with E-state index in [1.807, 2.05) is 6.08 Å². The Kier molecular flexibility index (Phi) is 0.618. The summed E-state index contributed by atoms with van der Waals surface area (Å²) in [6, 6.07) is 0. The zero-order valence-electron chi connectivity index (χ0n) is 5.58. The molecule has 0 N–H and O–H groups in total. The van der Waals surface area contributed by atoms with Crippen molar-refractivity contribution in [2.24, 2.45) is 17.8 Å². The van der Waals surface area contributed by atoms with Crippen molar-refractivity contribution in [2.75, 3.05) is 0 Å². The normalized spacial score (nSPS) is 47.0. The average molecular weight is 132 g/mol. The van der Waals surface area contributed by atoms with Crippen LogP contribution in [0.15, 0.2) is 23.8 Å². The van der Waals surface area contributed by atoms with Gasteiger partial charge in [-0.25, -0.2) is 0 Å². The first-order chi connectivity index (χ1) is 4.88. The van der Waals surface area contributed by atoms with E-state index >= 15 is 0 Å². The van der Waals surface area contributed by atoms with E-state index < -0.39 is 0 Å². The molecule has 50 valence electrons. The lowest BCUT2D eigenvalue weighted by molar-refractivity contribution is -0.117. The number of fused-ring (bicyclic) bond motifs is 2. The molecule has 1 saturated carbocycles. The maximum absolute atomic E-state index is 11.3. The van der Waals surface area contributed by atoms with Crippen molar-refractivity contribution in [2.45, 2.75) is 6.42 Å². The number of allylic oxidation sites excluding steroid dienone is 4. The van der Waals surface area contributed by atoms with Crippen LogP contribution < -0.4 is 0 Å². The lowest BCUT2D eigenvalue weighted by atomic mass is 9.96. The predicted octanol–water partition coefficient (Wildman–Crippen LogP) is 1.32. The summed E-state index contributed by atoms with van der Waals surface area (Å²) >= 11 is 0. The zero-order chi connectivity index (χ0) is 6.72. The van der Waals surface area contributed by atoms with Crippen molar-refractivity contribution < 1.29 is 4.79 Å². The number of ketones is 1. The minimum absolute atomic E-state index is 0.406. The van der Waals surface area contributed by atoms with Crippen LogP contribution in [0.4, 0.5) is 0 Å². The van der Waals surface area contributed by atoms with Crippen LogP contribution in [0.3, 0.4) is 0 Å². The highest BCUT2D eigenvalue weighted by Gasteiger charge is 2.56. The molecule has 0 radical (unpaired) electrons. The van der Waals surface area contributed by atoms with Crippen molar-refractivity contribution in [3.05, 3.63) is 23.8 Å². The number of rotatable bonds is 0. The monoisotopic (exact) mass is 132 g/mol. The fraction of sp³-hybridized carbons (Fsp3) is 0.444. The molecule has 0 aromatic heterocycles. The Morgan fingerprint density at radius 1 is 1.50 bits per heavy atom. The molecule has 3 rings (SSSR count). The molecule has 0 saturated heterocycles. The van der Waals surface area contributed by atoms with E-state index in [0.29, 0.717) is 23.5 Å². The molecule has 3 aliphatic carbocycles. The van der Waals surface area contributed by atoms with Crippen LogP contribution in [-0.4, -0.2) is 5.78 Å². The highest BCUT2D eigenvalue weighted by atomic mass is 16.1. The van der Waals surface area contributed by atoms with Crippen LogP contribution in [0, 0.1) is 17.8 Å². The molecule has 0 aromatic rings. The third kappa shape index (κ3) is 0.367. The minimum Gasteiger partial charge on any atom is -0.294 e. The van der Waals surface area contributed by atoms with E-state index in [0.717, 1.165) is 12.0 Å². The summed E-state index contributed by atoms with van der Waals surface area (Å²) in [5, 5.41) is 0. The highest BCUT2D eigenvalue weighted by Crippen LogP contribution is 2.56. The smallest absolute Gasteiger partial charge is 0.166 e. The highest BCUT2D eigenvalue weighted by molar-refractivity contribution is 6.04. The lowest BCUT2D eigenvalue weighted by Gasteiger charge is -2.07. The third-order valence-electron chi connectivity index (χ3n) is 2.92. The van der Waals surface area contributed by atoms with Crippen molar-refractivity contribution >= 4 is 5.78 Å². The molecule has 0 aliphatic heterocycles. The standard InChI is InChI=1S/C9H8O/c10-9-5-1-3-6-7(4-2-5)8(6)9/h1-3,6-8H,4H2. The second-order valence-corrected chi connectivity index (χ2v) is 3.39. The molecular weight excluding hydrogens is 124 g/mol. The molecule has 1 nitrogen and oxygen atoms in total. The first kappa shape index (κ1) is 4.89. The summed E-state index contributed by atoms with van der Waals surface area (Å²) in [5.74, 6) is 2.12. The molecule has 0 amide bonds. The van der Waals surface area contributed by atoms with Gasteiger partial charge in [0.15, 0.2) is 5.78 Å². The predicted molar refractivity (Wildman–Crippen MR) is 37.3 cm³/mol. The number of Topliss-reactive ketones (excluding diaryl/α,β-unsaturated/α-hetero) is 1. The summed E-state index contributed by atoms with van der Waals surface area (Å²) in [5.41, 5.74) is 0.968. The van der Waals surface area contributed by atoms with Gasteiger partial charge in [0.1, 0.15) is 0 Å². The maximum atomic E-state index is 11.3. The first-order valence-corrected chi connectivity index (χ1v) is 3.80. The molecule has 10 heavy (non-hydrogen) atoms. The van der Waals surface area contributed by atoms with E-state index in [9.17, 15) is 4.79 Å². The van der Waals surface area contributed by atoms with Gasteiger partial charge in [-0.15, -0.1) is 0 Å². The van der Waals surface area contributed by atoms with Gasteiger partial charge in [0.25, 0.3) is 0 Å². The fourth-order valence-electron chi connectivity index (χ4n) is 2.26. The number of carbonyl (C=O) groups is 1. The Bertz CT molecular complexity index is 272. The summed E-state index contributed by atoms with van der Waals surface area (Å²) < 4.78 is 0. The lowest BCUT2D eigenvalue weighted by Crippen LogP contribution is -2.10. The van der Waals surface area contributed by atoms with Crippen molar-refractivity contribution in [1.29, 1.82) is 0 Å². The summed E-state index contributed by atoms with van der Waals surface area (Å²) in [6.45, 7) is 0. The van der Waals surface area contributed by atoms with Gasteiger partial charge in [-0.2, -0.15) is 0 Å². The second kappa shape index (κ2) is 1.26. The molecule has 0 spiro atoms. The van der Waals surface area contributed by atoms with Gasteiger partial charge in [-0.3, -0.25) is 4.79 Å². The van der Waals surface area contributed by atoms with Crippen LogP contribution in [0.5, 0.6) is 0 Å². The zero-order valence-corrected chi connectivity index (χ0v) is 5.58. The van der Waals surface area contributed by atoms with Crippen molar-refractivity contribution in [1.82, 2.24) is 0 Å². The molecule has 2 bridgehead atoms. The largest absolute Gasteiger partial charge is 0.294 e. The van der Waals surface area contributed by atoms with Gasteiger partial charge in [0.2, 0.25) is 0 Å². The van der Waals surface area contributed by atoms with Gasteiger partial charge in [0, 0.05) is 11.5 Å². The number of carbonyl (C=O) groups excluding carboxylic acids is 1. The maximum Gasteiger partial charge on any atom is 0.166 e. The van der Waals surface area contributed by atoms with Gasteiger partial charge in [0.05, 0.1) is 0 Å². The van der Waals surface area contributed by atoms with Gasteiger partial charge >= 0.3 is 0 Å². The number of hydrogen-bond acceptors (Lipinski definition) is 1. The quantitative estimate of drug-likeness (QED) is 0.485. The van der Waals surface area contributed by atoms with Crippen molar-refractivity contribution in [3.63, 3.8) is 0 Å².